The van der Waals surface area contributed by atoms with Gasteiger partial charge in [0.25, 0.3) is 0 Å². The maximum Gasteiger partial charge on any atom is 0.123 e. The standard InChI is InChI=1S/C19H30FN/c1-4-12-21-18(19(3)10-6-5-7-11-19)14-16-13-17(20)9-8-15(16)2/h8-9,13,18,21H,4-7,10-12,14H2,1-3H3. The SMILES string of the molecule is CCCNC(Cc1cc(F)ccc1C)C1(C)CCCCC1. The van der Waals surface area contributed by atoms with Crippen LogP contribution in [0.2, 0.25) is 0 Å². The van der Waals surface area contributed by atoms with Gasteiger partial charge in [0.05, 0.1) is 0 Å². The van der Waals surface area contributed by atoms with Crippen molar-refractivity contribution in [1.29, 1.82) is 0 Å². The molecule has 0 radical (unpaired) electrons. The van der Waals surface area contributed by atoms with Crippen molar-refractivity contribution in [2.24, 2.45) is 5.41 Å². The van der Waals surface area contributed by atoms with Crippen LogP contribution in [0, 0.1) is 18.2 Å². The van der Waals surface area contributed by atoms with E-state index in [4.69, 9.17) is 0 Å². The van der Waals surface area contributed by atoms with Crippen molar-refractivity contribution in [2.45, 2.75) is 71.8 Å². The van der Waals surface area contributed by atoms with Crippen molar-refractivity contribution in [3.63, 3.8) is 0 Å². The maximum absolute atomic E-state index is 13.6. The number of nitrogens with one attached hydrogen (secondary N) is 1. The van der Waals surface area contributed by atoms with Crippen LogP contribution in [0.4, 0.5) is 4.39 Å². The average molecular weight is 291 g/mol. The van der Waals surface area contributed by atoms with E-state index in [-0.39, 0.29) is 5.82 Å². The highest BCUT2D eigenvalue weighted by atomic mass is 19.1. The van der Waals surface area contributed by atoms with Crippen molar-refractivity contribution in [1.82, 2.24) is 5.32 Å². The van der Waals surface area contributed by atoms with Crippen LogP contribution in [-0.2, 0) is 6.42 Å². The molecule has 1 fully saturated rings. The Morgan fingerprint density at radius 2 is 1.95 bits per heavy atom. The zero-order valence-electron chi connectivity index (χ0n) is 13.8. The third-order valence-electron chi connectivity index (χ3n) is 5.21. The van der Waals surface area contributed by atoms with Gasteiger partial charge in [-0.15, -0.1) is 0 Å². The summed E-state index contributed by atoms with van der Waals surface area (Å²) in [6, 6.07) is 5.65. The molecular weight excluding hydrogens is 261 g/mol. The fourth-order valence-corrected chi connectivity index (χ4v) is 3.67. The maximum atomic E-state index is 13.6. The van der Waals surface area contributed by atoms with Gasteiger partial charge in [-0.05, 0) is 67.8 Å². The Morgan fingerprint density at radius 1 is 1.24 bits per heavy atom. The van der Waals surface area contributed by atoms with Crippen molar-refractivity contribution < 1.29 is 4.39 Å². The van der Waals surface area contributed by atoms with Gasteiger partial charge < -0.3 is 5.32 Å². The lowest BCUT2D eigenvalue weighted by Gasteiger charge is -2.42. The molecule has 2 heteroatoms. The molecule has 0 bridgehead atoms. The van der Waals surface area contributed by atoms with Gasteiger partial charge in [-0.25, -0.2) is 4.39 Å². The third kappa shape index (κ3) is 4.29. The quantitative estimate of drug-likeness (QED) is 0.776. The van der Waals surface area contributed by atoms with Crippen molar-refractivity contribution in [3.05, 3.63) is 35.1 Å². The molecule has 1 aliphatic carbocycles. The molecule has 1 aromatic rings. The van der Waals surface area contributed by atoms with Crippen LogP contribution in [0.5, 0.6) is 0 Å². The Balaban J connectivity index is 2.17. The monoisotopic (exact) mass is 291 g/mol. The number of hydrogen-bond acceptors (Lipinski definition) is 1. The summed E-state index contributed by atoms with van der Waals surface area (Å²) in [6.45, 7) is 7.78. The largest absolute Gasteiger partial charge is 0.313 e. The van der Waals surface area contributed by atoms with Gasteiger partial charge in [-0.3, -0.25) is 0 Å². The van der Waals surface area contributed by atoms with Gasteiger partial charge in [0.1, 0.15) is 5.82 Å². The molecule has 0 amide bonds. The molecule has 0 aromatic heterocycles. The van der Waals surface area contributed by atoms with Crippen molar-refractivity contribution in [2.75, 3.05) is 6.54 Å². The Kier molecular flexibility index (Phi) is 5.80. The van der Waals surface area contributed by atoms with E-state index in [1.165, 1.54) is 37.7 Å². The number of aryl methyl sites for hydroxylation is 1. The highest BCUT2D eigenvalue weighted by molar-refractivity contribution is 5.27. The second-order valence-corrected chi connectivity index (χ2v) is 7.00. The highest BCUT2D eigenvalue weighted by Gasteiger charge is 2.35. The van der Waals surface area contributed by atoms with E-state index in [9.17, 15) is 4.39 Å². The van der Waals surface area contributed by atoms with E-state index >= 15 is 0 Å². The van der Waals surface area contributed by atoms with Gasteiger partial charge in [0.2, 0.25) is 0 Å². The van der Waals surface area contributed by atoms with Crippen LogP contribution >= 0.6 is 0 Å². The first-order valence-corrected chi connectivity index (χ1v) is 8.53. The number of halogens is 1. The number of benzene rings is 1. The minimum absolute atomic E-state index is 0.112. The minimum Gasteiger partial charge on any atom is -0.313 e. The summed E-state index contributed by atoms with van der Waals surface area (Å²) in [5, 5.41) is 3.75. The molecule has 0 spiro atoms. The predicted octanol–water partition coefficient (Wildman–Crippen LogP) is 5.02. The fourth-order valence-electron chi connectivity index (χ4n) is 3.67. The van der Waals surface area contributed by atoms with Gasteiger partial charge in [-0.1, -0.05) is 39.2 Å². The molecule has 2 rings (SSSR count). The topological polar surface area (TPSA) is 12.0 Å². The predicted molar refractivity (Wildman–Crippen MR) is 88.1 cm³/mol. The second kappa shape index (κ2) is 7.40. The first-order chi connectivity index (χ1) is 10.0. The Morgan fingerprint density at radius 3 is 2.62 bits per heavy atom. The molecular formula is C19H30FN. The van der Waals surface area contributed by atoms with Crippen LogP contribution < -0.4 is 5.32 Å². The van der Waals surface area contributed by atoms with Crippen LogP contribution in [0.3, 0.4) is 0 Å². The van der Waals surface area contributed by atoms with Crippen molar-refractivity contribution in [3.8, 4) is 0 Å². The summed E-state index contributed by atoms with van der Waals surface area (Å²) < 4.78 is 13.6. The summed E-state index contributed by atoms with van der Waals surface area (Å²) in [6.07, 6.45) is 8.72. The normalized spacial score (nSPS) is 19.4. The lowest BCUT2D eigenvalue weighted by Crippen LogP contribution is -2.46. The molecule has 118 valence electrons. The second-order valence-electron chi connectivity index (χ2n) is 7.00. The van der Waals surface area contributed by atoms with Crippen molar-refractivity contribution >= 4 is 0 Å². The molecule has 0 saturated heterocycles. The molecule has 0 aliphatic heterocycles. The van der Waals surface area contributed by atoms with E-state index in [1.807, 2.05) is 6.07 Å². The van der Waals surface area contributed by atoms with E-state index in [2.05, 4.69) is 26.1 Å². The summed E-state index contributed by atoms with van der Waals surface area (Å²) in [5.74, 6) is -0.112. The number of rotatable bonds is 6. The lowest BCUT2D eigenvalue weighted by molar-refractivity contribution is 0.143. The average Bonchev–Trinajstić information content (AvgIpc) is 2.47. The zero-order valence-corrected chi connectivity index (χ0v) is 13.8. The first kappa shape index (κ1) is 16.5. The molecule has 1 saturated carbocycles. The third-order valence-corrected chi connectivity index (χ3v) is 5.21. The van der Waals surface area contributed by atoms with Crippen LogP contribution in [0.15, 0.2) is 18.2 Å². The molecule has 1 atom stereocenters. The van der Waals surface area contributed by atoms with Crippen LogP contribution in [-0.4, -0.2) is 12.6 Å². The van der Waals surface area contributed by atoms with E-state index in [0.717, 1.165) is 24.9 Å². The van der Waals surface area contributed by atoms with Gasteiger partial charge >= 0.3 is 0 Å². The Hall–Kier alpha value is -0.890. The number of hydrogen-bond donors (Lipinski definition) is 1. The lowest BCUT2D eigenvalue weighted by atomic mass is 9.69. The van der Waals surface area contributed by atoms with E-state index < -0.39 is 0 Å². The summed E-state index contributed by atoms with van der Waals surface area (Å²) >= 11 is 0. The van der Waals surface area contributed by atoms with Gasteiger partial charge in [-0.2, -0.15) is 0 Å². The molecule has 1 nitrogen and oxygen atoms in total. The zero-order chi connectivity index (χ0) is 15.3. The highest BCUT2D eigenvalue weighted by Crippen LogP contribution is 2.40. The molecule has 1 unspecified atom stereocenters. The Bertz CT molecular complexity index is 449. The molecule has 1 aliphatic rings. The molecule has 1 aromatic carbocycles. The Labute approximate surface area is 129 Å². The first-order valence-electron chi connectivity index (χ1n) is 8.53. The summed E-state index contributed by atoms with van der Waals surface area (Å²) in [7, 11) is 0. The molecule has 0 heterocycles. The van der Waals surface area contributed by atoms with Gasteiger partial charge in [0, 0.05) is 6.04 Å². The summed E-state index contributed by atoms with van der Waals surface area (Å²) in [5.41, 5.74) is 2.72. The van der Waals surface area contributed by atoms with E-state index in [0.29, 0.717) is 11.5 Å². The van der Waals surface area contributed by atoms with Crippen LogP contribution in [0.25, 0.3) is 0 Å². The van der Waals surface area contributed by atoms with E-state index in [1.54, 1.807) is 12.1 Å². The van der Waals surface area contributed by atoms with Gasteiger partial charge in [0.15, 0.2) is 0 Å². The molecule has 21 heavy (non-hydrogen) atoms. The smallest absolute Gasteiger partial charge is 0.123 e. The van der Waals surface area contributed by atoms with Crippen LogP contribution in [0.1, 0.15) is 63.5 Å². The summed E-state index contributed by atoms with van der Waals surface area (Å²) in [4.78, 5) is 0. The minimum atomic E-state index is -0.112. The molecule has 1 N–H and O–H groups in total. The fraction of sp³-hybridized carbons (Fsp3) is 0.684.